The number of amides is 2. The molecule has 1 saturated heterocycles. The average Bonchev–Trinajstić information content (AvgIpc) is 2.98. The molecule has 1 aliphatic rings. The van der Waals surface area contributed by atoms with Gasteiger partial charge in [0.05, 0.1) is 29.5 Å². The highest BCUT2D eigenvalue weighted by molar-refractivity contribution is 6.30. The van der Waals surface area contributed by atoms with Crippen LogP contribution in [0.25, 0.3) is 10.8 Å². The Morgan fingerprint density at radius 2 is 2.00 bits per heavy atom. The van der Waals surface area contributed by atoms with E-state index in [4.69, 9.17) is 11.6 Å². The molecule has 7 heteroatoms. The number of hydrogen-bond donors (Lipinski definition) is 0. The third-order valence-corrected chi connectivity index (χ3v) is 4.37. The molecule has 0 N–H and O–H groups in total. The van der Waals surface area contributed by atoms with Gasteiger partial charge in [0.25, 0.3) is 0 Å². The standard InChI is InChI=1S/C18H12ClN5O/c19-13-5-6-17(22-9-13)23-11-14(7-20)24(18(23)25)16-10-21-8-12-3-1-2-4-15(12)16/h1-6,8-10,14H,11H2. The largest absolute Gasteiger partial charge is 0.331 e. The van der Waals surface area contributed by atoms with Crippen LogP contribution in [-0.2, 0) is 0 Å². The highest BCUT2D eigenvalue weighted by atomic mass is 35.5. The molecular formula is C18H12ClN5O. The third-order valence-electron chi connectivity index (χ3n) is 4.15. The second-order valence-electron chi connectivity index (χ2n) is 5.62. The molecule has 2 amide bonds. The Kier molecular flexibility index (Phi) is 3.71. The fourth-order valence-electron chi connectivity index (χ4n) is 2.98. The highest BCUT2D eigenvalue weighted by Gasteiger charge is 2.40. The summed E-state index contributed by atoms with van der Waals surface area (Å²) in [6.45, 7) is 0.229. The zero-order valence-electron chi connectivity index (χ0n) is 13.0. The average molecular weight is 350 g/mol. The van der Waals surface area contributed by atoms with Crippen LogP contribution in [0, 0.1) is 11.3 Å². The molecule has 0 saturated carbocycles. The van der Waals surface area contributed by atoms with E-state index in [0.717, 1.165) is 10.8 Å². The van der Waals surface area contributed by atoms with E-state index in [-0.39, 0.29) is 12.6 Å². The molecule has 1 atom stereocenters. The molecule has 1 aromatic carbocycles. The maximum atomic E-state index is 13.0. The lowest BCUT2D eigenvalue weighted by molar-refractivity contribution is 0.255. The van der Waals surface area contributed by atoms with Crippen LogP contribution in [0.2, 0.25) is 5.02 Å². The molecule has 2 aromatic heterocycles. The molecule has 3 heterocycles. The predicted octanol–water partition coefficient (Wildman–Crippen LogP) is 3.62. The fraction of sp³-hybridized carbons (Fsp3) is 0.111. The number of hydrogen-bond acceptors (Lipinski definition) is 4. The third kappa shape index (κ3) is 2.55. The number of carbonyl (C=O) groups is 1. The van der Waals surface area contributed by atoms with Crippen molar-refractivity contribution in [2.45, 2.75) is 6.04 Å². The first-order valence-electron chi connectivity index (χ1n) is 7.63. The zero-order chi connectivity index (χ0) is 17.4. The van der Waals surface area contributed by atoms with Gasteiger partial charge >= 0.3 is 6.03 Å². The second kappa shape index (κ2) is 6.04. The first-order chi connectivity index (χ1) is 12.2. The molecule has 6 nitrogen and oxygen atoms in total. The maximum Gasteiger partial charge on any atom is 0.331 e. The molecule has 122 valence electrons. The van der Waals surface area contributed by atoms with Gasteiger partial charge in [0.15, 0.2) is 0 Å². The molecule has 3 aromatic rings. The minimum atomic E-state index is -0.627. The monoisotopic (exact) mass is 349 g/mol. The predicted molar refractivity (Wildman–Crippen MR) is 95.6 cm³/mol. The van der Waals surface area contributed by atoms with Gasteiger partial charge in [-0.15, -0.1) is 0 Å². The Morgan fingerprint density at radius 1 is 1.16 bits per heavy atom. The number of aromatic nitrogens is 2. The van der Waals surface area contributed by atoms with Gasteiger partial charge in [-0.3, -0.25) is 14.8 Å². The summed E-state index contributed by atoms with van der Waals surface area (Å²) in [6.07, 6.45) is 4.83. The smallest absolute Gasteiger partial charge is 0.275 e. The van der Waals surface area contributed by atoms with Gasteiger partial charge in [0.2, 0.25) is 0 Å². The quantitative estimate of drug-likeness (QED) is 0.708. The van der Waals surface area contributed by atoms with Gasteiger partial charge in [0, 0.05) is 23.2 Å². The minimum absolute atomic E-state index is 0.229. The van der Waals surface area contributed by atoms with Gasteiger partial charge in [-0.2, -0.15) is 5.26 Å². The SMILES string of the molecule is N#CC1CN(c2ccc(Cl)cn2)C(=O)N1c1cncc2ccccc12. The summed E-state index contributed by atoms with van der Waals surface area (Å²) >= 11 is 5.86. The fourth-order valence-corrected chi connectivity index (χ4v) is 3.09. The minimum Gasteiger partial charge on any atom is -0.275 e. The van der Waals surface area contributed by atoms with E-state index in [2.05, 4.69) is 16.0 Å². The molecule has 0 spiro atoms. The van der Waals surface area contributed by atoms with Gasteiger partial charge in [0.1, 0.15) is 11.9 Å². The first-order valence-corrected chi connectivity index (χ1v) is 8.01. The van der Waals surface area contributed by atoms with Crippen LogP contribution in [0.15, 0.2) is 55.0 Å². The number of benzene rings is 1. The van der Waals surface area contributed by atoms with Crippen molar-refractivity contribution >= 4 is 39.9 Å². The Morgan fingerprint density at radius 3 is 2.76 bits per heavy atom. The van der Waals surface area contributed by atoms with Gasteiger partial charge in [-0.1, -0.05) is 35.9 Å². The number of urea groups is 1. The summed E-state index contributed by atoms with van der Waals surface area (Å²) in [5.74, 6) is 0.463. The molecule has 4 rings (SSSR count). The van der Waals surface area contributed by atoms with E-state index in [1.54, 1.807) is 24.5 Å². The van der Waals surface area contributed by atoms with E-state index in [1.165, 1.54) is 16.0 Å². The van der Waals surface area contributed by atoms with Gasteiger partial charge in [-0.05, 0) is 12.1 Å². The van der Waals surface area contributed by atoms with E-state index < -0.39 is 6.04 Å². The molecule has 0 aliphatic carbocycles. The molecule has 0 bridgehead atoms. The molecule has 0 radical (unpaired) electrons. The van der Waals surface area contributed by atoms with Gasteiger partial charge in [-0.25, -0.2) is 9.78 Å². The van der Waals surface area contributed by atoms with Crippen molar-refractivity contribution in [2.75, 3.05) is 16.3 Å². The molecule has 25 heavy (non-hydrogen) atoms. The van der Waals surface area contributed by atoms with Crippen LogP contribution in [0.4, 0.5) is 16.3 Å². The topological polar surface area (TPSA) is 73.1 Å². The molecular weight excluding hydrogens is 338 g/mol. The van der Waals surface area contributed by atoms with E-state index in [1.807, 2.05) is 24.3 Å². The normalized spacial score (nSPS) is 17.1. The second-order valence-corrected chi connectivity index (χ2v) is 6.06. The number of fused-ring (bicyclic) bond motifs is 1. The number of carbonyl (C=O) groups excluding carboxylic acids is 1. The number of pyridine rings is 2. The summed E-state index contributed by atoms with van der Waals surface area (Å²) in [5.41, 5.74) is 0.617. The van der Waals surface area contributed by atoms with Crippen molar-refractivity contribution in [3.8, 4) is 6.07 Å². The maximum absolute atomic E-state index is 13.0. The lowest BCUT2D eigenvalue weighted by Crippen LogP contribution is -2.34. The zero-order valence-corrected chi connectivity index (χ0v) is 13.8. The van der Waals surface area contributed by atoms with Crippen LogP contribution in [0.1, 0.15) is 0 Å². The number of nitrogens with zero attached hydrogens (tertiary/aromatic N) is 5. The molecule has 1 aliphatic heterocycles. The summed E-state index contributed by atoms with van der Waals surface area (Å²) < 4.78 is 0. The first kappa shape index (κ1) is 15.4. The Hall–Kier alpha value is -3.17. The Balaban J connectivity index is 1.80. The van der Waals surface area contributed by atoms with Crippen LogP contribution >= 0.6 is 11.6 Å². The van der Waals surface area contributed by atoms with Crippen LogP contribution in [0.3, 0.4) is 0 Å². The summed E-state index contributed by atoms with van der Waals surface area (Å²) in [7, 11) is 0. The van der Waals surface area contributed by atoms with Crippen molar-refractivity contribution < 1.29 is 4.79 Å². The van der Waals surface area contributed by atoms with E-state index in [0.29, 0.717) is 16.5 Å². The highest BCUT2D eigenvalue weighted by Crippen LogP contribution is 2.32. The van der Waals surface area contributed by atoms with Crippen molar-refractivity contribution in [1.82, 2.24) is 9.97 Å². The van der Waals surface area contributed by atoms with Crippen LogP contribution in [0.5, 0.6) is 0 Å². The summed E-state index contributed by atoms with van der Waals surface area (Å²) in [6, 6.07) is 12.2. The Labute approximate surface area is 148 Å². The lowest BCUT2D eigenvalue weighted by Gasteiger charge is -2.20. The number of anilines is 2. The number of nitriles is 1. The van der Waals surface area contributed by atoms with Crippen molar-refractivity contribution in [1.29, 1.82) is 5.26 Å². The van der Waals surface area contributed by atoms with Crippen molar-refractivity contribution in [3.05, 3.63) is 60.0 Å². The molecule has 1 unspecified atom stereocenters. The number of halogens is 1. The van der Waals surface area contributed by atoms with E-state index in [9.17, 15) is 10.1 Å². The number of rotatable bonds is 2. The Bertz CT molecular complexity index is 993. The van der Waals surface area contributed by atoms with Crippen LogP contribution < -0.4 is 9.80 Å². The summed E-state index contributed by atoms with van der Waals surface area (Å²) in [5, 5.41) is 11.8. The van der Waals surface area contributed by atoms with Crippen molar-refractivity contribution in [3.63, 3.8) is 0 Å². The lowest BCUT2D eigenvalue weighted by atomic mass is 10.1. The van der Waals surface area contributed by atoms with Crippen LogP contribution in [-0.4, -0.2) is 28.6 Å². The van der Waals surface area contributed by atoms with Gasteiger partial charge < -0.3 is 0 Å². The molecule has 1 fully saturated rings. The van der Waals surface area contributed by atoms with Crippen molar-refractivity contribution in [2.24, 2.45) is 0 Å². The van der Waals surface area contributed by atoms with E-state index >= 15 is 0 Å². The summed E-state index contributed by atoms with van der Waals surface area (Å²) in [4.78, 5) is 24.4.